The van der Waals surface area contributed by atoms with Crippen molar-refractivity contribution in [3.63, 3.8) is 0 Å². The van der Waals surface area contributed by atoms with Crippen molar-refractivity contribution in [2.75, 3.05) is 33.2 Å². The lowest BCUT2D eigenvalue weighted by Gasteiger charge is -2.59. The summed E-state index contributed by atoms with van der Waals surface area (Å²) in [6.45, 7) is 7.01. The van der Waals surface area contributed by atoms with Crippen LogP contribution < -0.4 is 5.32 Å². The van der Waals surface area contributed by atoms with Gasteiger partial charge in [-0.05, 0) is 43.5 Å². The molecule has 1 amide bonds. The van der Waals surface area contributed by atoms with Crippen molar-refractivity contribution in [2.45, 2.75) is 20.0 Å². The van der Waals surface area contributed by atoms with Crippen molar-refractivity contribution in [2.24, 2.45) is 10.8 Å². The summed E-state index contributed by atoms with van der Waals surface area (Å²) in [5.74, 6) is -0.245. The molecule has 0 aromatic heterocycles. The van der Waals surface area contributed by atoms with Gasteiger partial charge in [0.1, 0.15) is 0 Å². The van der Waals surface area contributed by atoms with Crippen LogP contribution in [0.15, 0.2) is 24.3 Å². The highest BCUT2D eigenvalue weighted by molar-refractivity contribution is 7.80. The van der Waals surface area contributed by atoms with Crippen LogP contribution in [0.2, 0.25) is 5.02 Å². The van der Waals surface area contributed by atoms with Crippen molar-refractivity contribution in [1.29, 1.82) is 0 Å². The van der Waals surface area contributed by atoms with E-state index >= 15 is 0 Å². The molecule has 7 heteroatoms. The minimum absolute atomic E-state index is 0.245. The minimum atomic E-state index is -0.387. The summed E-state index contributed by atoms with van der Waals surface area (Å²) >= 11 is 11.4. The molecule has 0 spiro atoms. The van der Waals surface area contributed by atoms with Gasteiger partial charge in [-0.3, -0.25) is 10.1 Å². The van der Waals surface area contributed by atoms with Gasteiger partial charge in [0, 0.05) is 47.6 Å². The molecule has 2 aliphatic heterocycles. The molecule has 136 valence electrons. The molecule has 1 unspecified atom stereocenters. The summed E-state index contributed by atoms with van der Waals surface area (Å²) in [5, 5.41) is 14.6. The number of amides is 1. The third-order valence-electron chi connectivity index (χ3n) is 5.30. The van der Waals surface area contributed by atoms with Crippen molar-refractivity contribution in [3.8, 4) is 0 Å². The average molecular weight is 382 g/mol. The van der Waals surface area contributed by atoms with Gasteiger partial charge in [-0.25, -0.2) is 0 Å². The number of likely N-dealkylation sites (tertiary alicyclic amines) is 2. The van der Waals surface area contributed by atoms with Gasteiger partial charge >= 0.3 is 0 Å². The van der Waals surface area contributed by atoms with E-state index in [1.165, 1.54) is 0 Å². The predicted molar refractivity (Wildman–Crippen MR) is 103 cm³/mol. The number of fused-ring (bicyclic) bond motifs is 2. The number of benzene rings is 1. The molecule has 2 aliphatic rings. The van der Waals surface area contributed by atoms with Gasteiger partial charge in [-0.2, -0.15) is 0 Å². The number of thiocarbonyl (C=S) groups is 1. The Labute approximate surface area is 158 Å². The topological polar surface area (TPSA) is 55.8 Å². The zero-order chi connectivity index (χ0) is 18.4. The lowest BCUT2D eigenvalue weighted by molar-refractivity contribution is -0.157. The molecule has 0 radical (unpaired) electrons. The standard InChI is InChI=1S/C18H24ClN3O2S/c1-17-8-21(3)9-18(2,15(17)24)11-22(10-17)16(25)20-14(23)12-4-6-13(19)7-5-12/h4-7,15,24H,8-11H2,1-3H3,(H,20,23,25)/t15?,17-,18+. The molecule has 2 fully saturated rings. The summed E-state index contributed by atoms with van der Waals surface area (Å²) in [6.07, 6.45) is -0.387. The Balaban J connectivity index is 1.73. The van der Waals surface area contributed by atoms with E-state index in [2.05, 4.69) is 31.1 Å². The first kappa shape index (κ1) is 18.6. The molecular weight excluding hydrogens is 358 g/mol. The first-order chi connectivity index (χ1) is 11.6. The third kappa shape index (κ3) is 3.53. The molecular formula is C18H24ClN3O2S. The maximum absolute atomic E-state index is 12.4. The number of carbonyl (C=O) groups excluding carboxylic acids is 1. The molecule has 2 heterocycles. The third-order valence-corrected chi connectivity index (χ3v) is 5.91. The van der Waals surface area contributed by atoms with Crippen LogP contribution in [0.1, 0.15) is 24.2 Å². The van der Waals surface area contributed by atoms with Crippen LogP contribution in [0.5, 0.6) is 0 Å². The number of carbonyl (C=O) groups is 1. The first-order valence-corrected chi connectivity index (χ1v) is 9.14. The Bertz CT molecular complexity index is 676. The van der Waals surface area contributed by atoms with Crippen molar-refractivity contribution in [1.82, 2.24) is 15.1 Å². The van der Waals surface area contributed by atoms with Crippen LogP contribution >= 0.6 is 23.8 Å². The normalized spacial score (nSPS) is 32.4. The van der Waals surface area contributed by atoms with Crippen LogP contribution in [-0.2, 0) is 0 Å². The van der Waals surface area contributed by atoms with E-state index in [4.69, 9.17) is 23.8 Å². The highest BCUT2D eigenvalue weighted by Crippen LogP contribution is 2.45. The second-order valence-electron chi connectivity index (χ2n) is 8.01. The SMILES string of the molecule is CN1C[C@@]2(C)CN(C(=S)NC(=O)c3ccc(Cl)cc3)C[C@@](C)(C1)C2O. The zero-order valence-corrected chi connectivity index (χ0v) is 16.3. The van der Waals surface area contributed by atoms with Crippen molar-refractivity contribution < 1.29 is 9.90 Å². The van der Waals surface area contributed by atoms with Crippen molar-refractivity contribution in [3.05, 3.63) is 34.9 Å². The highest BCUT2D eigenvalue weighted by atomic mass is 35.5. The maximum atomic E-state index is 12.4. The summed E-state index contributed by atoms with van der Waals surface area (Å²) < 4.78 is 0. The molecule has 3 atom stereocenters. The second-order valence-corrected chi connectivity index (χ2v) is 8.83. The van der Waals surface area contributed by atoms with Gasteiger partial charge in [0.15, 0.2) is 5.11 Å². The van der Waals surface area contributed by atoms with Crippen molar-refractivity contribution >= 4 is 34.8 Å². The molecule has 3 rings (SSSR count). The molecule has 25 heavy (non-hydrogen) atoms. The van der Waals surface area contributed by atoms with E-state index in [0.29, 0.717) is 28.8 Å². The summed E-state index contributed by atoms with van der Waals surface area (Å²) in [7, 11) is 2.08. The molecule has 5 nitrogen and oxygen atoms in total. The number of aliphatic hydroxyl groups is 1. The van der Waals surface area contributed by atoms with Crippen LogP contribution in [-0.4, -0.2) is 65.3 Å². The Morgan fingerprint density at radius 3 is 2.24 bits per heavy atom. The van der Waals surface area contributed by atoms with Gasteiger partial charge < -0.3 is 14.9 Å². The first-order valence-electron chi connectivity index (χ1n) is 8.35. The van der Waals surface area contributed by atoms with Crippen LogP contribution in [0, 0.1) is 10.8 Å². The van der Waals surface area contributed by atoms with Gasteiger partial charge in [0.2, 0.25) is 0 Å². The van der Waals surface area contributed by atoms with Gasteiger partial charge in [-0.15, -0.1) is 0 Å². The van der Waals surface area contributed by atoms with Crippen LogP contribution in [0.4, 0.5) is 0 Å². The molecule has 2 bridgehead atoms. The fourth-order valence-corrected chi connectivity index (χ4v) is 4.85. The quantitative estimate of drug-likeness (QED) is 0.728. The number of hydrogen-bond donors (Lipinski definition) is 2. The Morgan fingerprint density at radius 1 is 1.20 bits per heavy atom. The fraction of sp³-hybridized carbons (Fsp3) is 0.556. The van der Waals surface area contributed by atoms with Gasteiger partial charge in [-0.1, -0.05) is 25.4 Å². The van der Waals surface area contributed by atoms with Gasteiger partial charge in [0.25, 0.3) is 5.91 Å². The largest absolute Gasteiger partial charge is 0.392 e. The smallest absolute Gasteiger partial charge is 0.257 e. The molecule has 0 aliphatic carbocycles. The summed E-state index contributed by atoms with van der Waals surface area (Å²) in [6, 6.07) is 6.71. The maximum Gasteiger partial charge on any atom is 0.257 e. The molecule has 0 saturated carbocycles. The van der Waals surface area contributed by atoms with E-state index in [9.17, 15) is 9.90 Å². The fourth-order valence-electron chi connectivity index (χ4n) is 4.50. The lowest BCUT2D eigenvalue weighted by atomic mass is 9.63. The Hall–Kier alpha value is -1.21. The van der Waals surface area contributed by atoms with Crippen LogP contribution in [0.3, 0.4) is 0 Å². The van der Waals surface area contributed by atoms with E-state index in [-0.39, 0.29) is 22.8 Å². The molecule has 1 aromatic carbocycles. The summed E-state index contributed by atoms with van der Waals surface area (Å²) in [5.41, 5.74) is -0.0504. The number of piperidine rings is 2. The highest BCUT2D eigenvalue weighted by Gasteiger charge is 2.55. The van der Waals surface area contributed by atoms with Gasteiger partial charge in [0.05, 0.1) is 6.10 Å². The Morgan fingerprint density at radius 2 is 1.72 bits per heavy atom. The number of nitrogens with zero attached hydrogens (tertiary/aromatic N) is 2. The van der Waals surface area contributed by atoms with Crippen LogP contribution in [0.25, 0.3) is 0 Å². The molecule has 2 saturated heterocycles. The molecule has 1 aromatic rings. The zero-order valence-electron chi connectivity index (χ0n) is 14.8. The van der Waals surface area contributed by atoms with E-state index in [0.717, 1.165) is 13.1 Å². The van der Waals surface area contributed by atoms with E-state index < -0.39 is 0 Å². The lowest BCUT2D eigenvalue weighted by Crippen LogP contribution is -2.71. The molecule has 2 N–H and O–H groups in total. The number of hydrogen-bond acceptors (Lipinski definition) is 4. The number of nitrogens with one attached hydrogen (secondary N) is 1. The monoisotopic (exact) mass is 381 g/mol. The summed E-state index contributed by atoms with van der Waals surface area (Å²) in [4.78, 5) is 16.7. The number of aliphatic hydroxyl groups excluding tert-OH is 1. The number of rotatable bonds is 1. The van der Waals surface area contributed by atoms with E-state index in [1.807, 2.05) is 4.90 Å². The Kier molecular flexibility index (Phi) is 4.83. The second kappa shape index (κ2) is 6.50. The van der Waals surface area contributed by atoms with E-state index in [1.54, 1.807) is 24.3 Å². The predicted octanol–water partition coefficient (Wildman–Crippen LogP) is 1.99. The minimum Gasteiger partial charge on any atom is -0.392 e. The number of halogens is 1. The average Bonchev–Trinajstić information content (AvgIpc) is 2.51.